The quantitative estimate of drug-likeness (QED) is 0.620. The van der Waals surface area contributed by atoms with E-state index in [0.717, 1.165) is 18.9 Å². The Morgan fingerprint density at radius 2 is 1.96 bits per heavy atom. The Hall–Kier alpha value is -3.20. The Morgan fingerprint density at radius 3 is 2.58 bits per heavy atom. The number of anilines is 2. The number of nitro groups is 1. The van der Waals surface area contributed by atoms with Crippen LogP contribution in [0, 0.1) is 10.1 Å². The van der Waals surface area contributed by atoms with E-state index in [1.165, 1.54) is 24.3 Å². The molecule has 9 heteroatoms. The zero-order valence-electron chi connectivity index (χ0n) is 14.0. The van der Waals surface area contributed by atoms with Gasteiger partial charge in [0.2, 0.25) is 0 Å². The molecule has 1 aliphatic rings. The first-order chi connectivity index (χ1) is 12.6. The minimum atomic E-state index is -0.496. The van der Waals surface area contributed by atoms with E-state index in [2.05, 4.69) is 15.2 Å². The second kappa shape index (κ2) is 8.26. The Labute approximate surface area is 149 Å². The molecule has 0 saturated carbocycles. The van der Waals surface area contributed by atoms with Crippen molar-refractivity contribution in [1.82, 2.24) is 4.98 Å². The fourth-order valence-corrected chi connectivity index (χ4v) is 2.45. The molecule has 2 heterocycles. The van der Waals surface area contributed by atoms with Gasteiger partial charge in [0.05, 0.1) is 30.0 Å². The normalized spacial score (nSPS) is 13.9. The van der Waals surface area contributed by atoms with Gasteiger partial charge in [-0.2, -0.15) is 0 Å². The average Bonchev–Trinajstić information content (AvgIpc) is 2.68. The number of pyridine rings is 1. The molecule has 0 radical (unpaired) electrons. The van der Waals surface area contributed by atoms with Gasteiger partial charge < -0.3 is 19.7 Å². The van der Waals surface area contributed by atoms with E-state index in [-0.39, 0.29) is 18.2 Å². The molecule has 0 aliphatic carbocycles. The van der Waals surface area contributed by atoms with Gasteiger partial charge in [-0.25, -0.2) is 4.98 Å². The van der Waals surface area contributed by atoms with Gasteiger partial charge in [0.15, 0.2) is 6.61 Å². The Balaban J connectivity index is 1.49. The summed E-state index contributed by atoms with van der Waals surface area (Å²) in [6, 6.07) is 9.16. The van der Waals surface area contributed by atoms with Gasteiger partial charge in [-0.1, -0.05) is 0 Å². The number of hydrogen-bond donors (Lipinski definition) is 1. The van der Waals surface area contributed by atoms with Crippen LogP contribution in [0.3, 0.4) is 0 Å². The topological polar surface area (TPSA) is 107 Å². The first kappa shape index (κ1) is 17.6. The number of morpholine rings is 1. The number of carbonyl (C=O) groups is 1. The van der Waals surface area contributed by atoms with Crippen LogP contribution in [0.5, 0.6) is 5.75 Å². The summed E-state index contributed by atoms with van der Waals surface area (Å²) in [5.74, 6) is 0.879. The van der Waals surface area contributed by atoms with E-state index >= 15 is 0 Å². The number of nitro benzene ring substituents is 1. The Bertz CT molecular complexity index is 758. The molecule has 2 aromatic rings. The summed E-state index contributed by atoms with van der Waals surface area (Å²) in [5, 5.41) is 13.3. The van der Waals surface area contributed by atoms with Gasteiger partial charge >= 0.3 is 0 Å². The summed E-state index contributed by atoms with van der Waals surface area (Å²) < 4.78 is 10.6. The van der Waals surface area contributed by atoms with Crippen molar-refractivity contribution in [3.8, 4) is 5.75 Å². The molecule has 0 spiro atoms. The molecular formula is C17H18N4O5. The first-order valence-electron chi connectivity index (χ1n) is 8.08. The second-order valence-electron chi connectivity index (χ2n) is 5.59. The van der Waals surface area contributed by atoms with E-state index in [0.29, 0.717) is 24.7 Å². The van der Waals surface area contributed by atoms with Gasteiger partial charge in [-0.05, 0) is 24.3 Å². The summed E-state index contributed by atoms with van der Waals surface area (Å²) in [6.45, 7) is 2.74. The minimum absolute atomic E-state index is 0.0340. The first-order valence-corrected chi connectivity index (χ1v) is 8.08. The molecule has 1 amide bonds. The monoisotopic (exact) mass is 358 g/mol. The highest BCUT2D eigenvalue weighted by Gasteiger charge is 2.12. The third-order valence-electron chi connectivity index (χ3n) is 3.78. The molecular weight excluding hydrogens is 340 g/mol. The van der Waals surface area contributed by atoms with Gasteiger partial charge in [0, 0.05) is 25.2 Å². The Kier molecular flexibility index (Phi) is 5.59. The molecule has 26 heavy (non-hydrogen) atoms. The molecule has 9 nitrogen and oxygen atoms in total. The lowest BCUT2D eigenvalue weighted by Gasteiger charge is -2.27. The maximum Gasteiger partial charge on any atom is 0.269 e. The summed E-state index contributed by atoms with van der Waals surface area (Å²) in [4.78, 5) is 28.5. The summed E-state index contributed by atoms with van der Waals surface area (Å²) in [7, 11) is 0. The fourth-order valence-electron chi connectivity index (χ4n) is 2.45. The minimum Gasteiger partial charge on any atom is -0.484 e. The molecule has 0 atom stereocenters. The highest BCUT2D eigenvalue weighted by Crippen LogP contribution is 2.18. The average molecular weight is 358 g/mol. The van der Waals surface area contributed by atoms with Crippen molar-refractivity contribution in [3.63, 3.8) is 0 Å². The third kappa shape index (κ3) is 4.67. The van der Waals surface area contributed by atoms with Crippen molar-refractivity contribution in [3.05, 3.63) is 52.7 Å². The molecule has 136 valence electrons. The summed E-state index contributed by atoms with van der Waals surface area (Å²) in [6.07, 6.45) is 1.59. The number of non-ortho nitro benzene ring substituents is 1. The molecule has 0 unspecified atom stereocenters. The van der Waals surface area contributed by atoms with Crippen LogP contribution in [0.2, 0.25) is 0 Å². The second-order valence-corrected chi connectivity index (χ2v) is 5.59. The van der Waals surface area contributed by atoms with Crippen LogP contribution >= 0.6 is 0 Å². The van der Waals surface area contributed by atoms with E-state index in [9.17, 15) is 14.9 Å². The van der Waals surface area contributed by atoms with Gasteiger partial charge in [0.25, 0.3) is 11.6 Å². The van der Waals surface area contributed by atoms with Crippen LogP contribution in [0.15, 0.2) is 42.6 Å². The number of carbonyl (C=O) groups excluding carboxylic acids is 1. The van der Waals surface area contributed by atoms with Crippen LogP contribution in [0.1, 0.15) is 0 Å². The molecule has 3 rings (SSSR count). The lowest BCUT2D eigenvalue weighted by Crippen LogP contribution is -2.36. The third-order valence-corrected chi connectivity index (χ3v) is 3.78. The van der Waals surface area contributed by atoms with Crippen molar-refractivity contribution in [2.75, 3.05) is 43.1 Å². The molecule has 0 bridgehead atoms. The van der Waals surface area contributed by atoms with Gasteiger partial charge in [-0.3, -0.25) is 14.9 Å². The molecule has 1 aliphatic heterocycles. The van der Waals surface area contributed by atoms with Gasteiger partial charge in [-0.15, -0.1) is 0 Å². The number of aromatic nitrogens is 1. The lowest BCUT2D eigenvalue weighted by molar-refractivity contribution is -0.384. The maximum atomic E-state index is 11.9. The lowest BCUT2D eigenvalue weighted by atomic mass is 10.3. The Morgan fingerprint density at radius 1 is 1.23 bits per heavy atom. The SMILES string of the molecule is O=C(COc1ccc([N+](=O)[O-])cc1)Nc1ccc(N2CCOCC2)nc1. The van der Waals surface area contributed by atoms with E-state index in [4.69, 9.17) is 9.47 Å². The zero-order chi connectivity index (χ0) is 18.4. The van der Waals surface area contributed by atoms with Crippen molar-refractivity contribution >= 4 is 23.1 Å². The molecule has 1 saturated heterocycles. The smallest absolute Gasteiger partial charge is 0.269 e. The molecule has 1 N–H and O–H groups in total. The number of benzene rings is 1. The maximum absolute atomic E-state index is 11.9. The van der Waals surface area contributed by atoms with Crippen LogP contribution in [0.25, 0.3) is 0 Å². The van der Waals surface area contributed by atoms with E-state index < -0.39 is 4.92 Å². The van der Waals surface area contributed by atoms with Crippen LogP contribution < -0.4 is 15.0 Å². The number of nitrogens with one attached hydrogen (secondary N) is 1. The predicted octanol–water partition coefficient (Wildman–Crippen LogP) is 1.84. The standard InChI is InChI=1S/C17H18N4O5/c22-17(12-26-15-4-2-14(3-5-15)21(23)24)19-13-1-6-16(18-11-13)20-7-9-25-10-8-20/h1-6,11H,7-10,12H2,(H,19,22). The fraction of sp³-hybridized carbons (Fsp3) is 0.294. The van der Waals surface area contributed by atoms with Crippen molar-refractivity contribution in [1.29, 1.82) is 0 Å². The number of amides is 1. The highest BCUT2D eigenvalue weighted by atomic mass is 16.6. The van der Waals surface area contributed by atoms with Crippen LogP contribution in [-0.4, -0.2) is 48.7 Å². The number of hydrogen-bond acceptors (Lipinski definition) is 7. The number of ether oxygens (including phenoxy) is 2. The highest BCUT2D eigenvalue weighted by molar-refractivity contribution is 5.91. The number of rotatable bonds is 6. The summed E-state index contributed by atoms with van der Waals surface area (Å²) >= 11 is 0. The van der Waals surface area contributed by atoms with Crippen LogP contribution in [0.4, 0.5) is 17.2 Å². The number of nitrogens with zero attached hydrogens (tertiary/aromatic N) is 3. The molecule has 1 aromatic heterocycles. The largest absolute Gasteiger partial charge is 0.484 e. The molecule has 1 fully saturated rings. The molecule has 1 aromatic carbocycles. The van der Waals surface area contributed by atoms with E-state index in [1.54, 1.807) is 12.3 Å². The predicted molar refractivity (Wildman–Crippen MR) is 94.5 cm³/mol. The van der Waals surface area contributed by atoms with Crippen molar-refractivity contribution < 1.29 is 19.2 Å². The zero-order valence-corrected chi connectivity index (χ0v) is 14.0. The summed E-state index contributed by atoms with van der Waals surface area (Å²) in [5.41, 5.74) is 0.535. The van der Waals surface area contributed by atoms with Crippen LogP contribution in [-0.2, 0) is 9.53 Å². The van der Waals surface area contributed by atoms with Crippen molar-refractivity contribution in [2.45, 2.75) is 0 Å². The van der Waals surface area contributed by atoms with Gasteiger partial charge in [0.1, 0.15) is 11.6 Å². The van der Waals surface area contributed by atoms with E-state index in [1.807, 2.05) is 6.07 Å². The van der Waals surface area contributed by atoms with Crippen molar-refractivity contribution in [2.24, 2.45) is 0 Å².